The lowest BCUT2D eigenvalue weighted by molar-refractivity contribution is -0.182. The molecular formula is C33H49N5O7S. The van der Waals surface area contributed by atoms with Crippen LogP contribution in [0.4, 0.5) is 5.69 Å². The second-order valence-electron chi connectivity index (χ2n) is 14.9. The van der Waals surface area contributed by atoms with Crippen LogP contribution in [0.1, 0.15) is 88.9 Å². The van der Waals surface area contributed by atoms with Gasteiger partial charge >= 0.3 is 0 Å². The highest BCUT2D eigenvalue weighted by molar-refractivity contribution is 7.85. The molecule has 12 nitrogen and oxygen atoms in total. The predicted octanol–water partition coefficient (Wildman–Crippen LogP) is 4.75. The summed E-state index contributed by atoms with van der Waals surface area (Å²) in [5.41, 5.74) is 9.20. The third-order valence-electron chi connectivity index (χ3n) is 12.7. The van der Waals surface area contributed by atoms with Crippen LogP contribution in [0.15, 0.2) is 29.4 Å². The minimum absolute atomic E-state index is 0.0474. The Labute approximate surface area is 271 Å². The molecule has 1 aromatic rings. The van der Waals surface area contributed by atoms with Gasteiger partial charge in [0.2, 0.25) is 5.91 Å². The van der Waals surface area contributed by atoms with Gasteiger partial charge in [-0.2, -0.15) is 8.42 Å². The summed E-state index contributed by atoms with van der Waals surface area (Å²) in [7, 11) is -4.14. The van der Waals surface area contributed by atoms with Crippen LogP contribution in [-0.2, 0) is 14.9 Å². The van der Waals surface area contributed by atoms with Crippen LogP contribution >= 0.6 is 0 Å². The molecule has 0 bridgehead atoms. The van der Waals surface area contributed by atoms with E-state index in [9.17, 15) is 28.2 Å². The van der Waals surface area contributed by atoms with Gasteiger partial charge in [0.1, 0.15) is 0 Å². The molecule has 4 saturated carbocycles. The van der Waals surface area contributed by atoms with Crippen LogP contribution in [0, 0.1) is 46.3 Å². The van der Waals surface area contributed by atoms with Crippen molar-refractivity contribution in [2.75, 3.05) is 12.3 Å². The van der Waals surface area contributed by atoms with E-state index in [-0.39, 0.29) is 77.8 Å². The quantitative estimate of drug-likeness (QED) is 0.103. The van der Waals surface area contributed by atoms with Crippen molar-refractivity contribution in [3.63, 3.8) is 0 Å². The van der Waals surface area contributed by atoms with Crippen molar-refractivity contribution in [1.29, 1.82) is 0 Å². The summed E-state index contributed by atoms with van der Waals surface area (Å²) in [6, 6.07) is 6.44. The Morgan fingerprint density at radius 2 is 1.80 bits per heavy atom. The molecule has 254 valence electrons. The van der Waals surface area contributed by atoms with E-state index in [4.69, 9.17) is 10.1 Å². The van der Waals surface area contributed by atoms with Gasteiger partial charge in [0.15, 0.2) is 0 Å². The van der Waals surface area contributed by atoms with E-state index in [0.29, 0.717) is 30.5 Å². The zero-order valence-corrected chi connectivity index (χ0v) is 27.8. The third kappa shape index (κ3) is 6.80. The van der Waals surface area contributed by atoms with Gasteiger partial charge in [0.05, 0.1) is 18.0 Å². The Balaban J connectivity index is 1.36. The number of hydrogen-bond donors (Lipinski definition) is 5. The number of hydrogen-bond acceptors (Lipinski definition) is 7. The summed E-state index contributed by atoms with van der Waals surface area (Å²) in [5, 5.41) is 32.2. The molecule has 0 aromatic heterocycles. The molecule has 0 heterocycles. The molecule has 46 heavy (non-hydrogen) atoms. The largest absolute Gasteiger partial charge is 0.393 e. The van der Waals surface area contributed by atoms with Crippen LogP contribution in [0.3, 0.4) is 0 Å². The number of benzene rings is 1. The normalized spacial score (nSPS) is 37.5. The van der Waals surface area contributed by atoms with E-state index in [2.05, 4.69) is 41.4 Å². The summed E-state index contributed by atoms with van der Waals surface area (Å²) in [5.74, 6) is 0.0526. The molecule has 5 rings (SSSR count). The highest BCUT2D eigenvalue weighted by Crippen LogP contribution is 2.68. The van der Waals surface area contributed by atoms with E-state index in [1.54, 1.807) is 24.3 Å². The summed E-state index contributed by atoms with van der Waals surface area (Å²) in [6.45, 7) is 6.52. The number of aliphatic hydroxyl groups excluding tert-OH is 2. The maximum absolute atomic E-state index is 13.7. The Morgan fingerprint density at radius 3 is 2.48 bits per heavy atom. The number of carbonyl (C=O) groups excluding carboxylic acids is 2. The number of nitrogens with one attached hydrogen (secondary N) is 2. The lowest BCUT2D eigenvalue weighted by atomic mass is 9.42. The highest BCUT2D eigenvalue weighted by Gasteiger charge is 2.66. The lowest BCUT2D eigenvalue weighted by Crippen LogP contribution is -2.65. The molecule has 13 heteroatoms. The van der Waals surface area contributed by atoms with Gasteiger partial charge in [-0.05, 0) is 115 Å². The van der Waals surface area contributed by atoms with E-state index in [1.807, 2.05) is 0 Å². The fourth-order valence-corrected chi connectivity index (χ4v) is 10.6. The topological polar surface area (TPSA) is 202 Å². The van der Waals surface area contributed by atoms with Crippen LogP contribution in [0.25, 0.3) is 10.4 Å². The van der Waals surface area contributed by atoms with Crippen LogP contribution in [0.2, 0.25) is 0 Å². The summed E-state index contributed by atoms with van der Waals surface area (Å²) >= 11 is 0. The van der Waals surface area contributed by atoms with Crippen molar-refractivity contribution in [2.45, 2.75) is 96.8 Å². The van der Waals surface area contributed by atoms with E-state index in [0.717, 1.165) is 32.1 Å². The second-order valence-corrected chi connectivity index (χ2v) is 16.5. The Hall–Kier alpha value is -2.70. The first-order valence-electron chi connectivity index (χ1n) is 16.7. The van der Waals surface area contributed by atoms with Gasteiger partial charge in [-0.25, -0.2) is 0 Å². The lowest BCUT2D eigenvalue weighted by Gasteiger charge is -2.64. The van der Waals surface area contributed by atoms with Gasteiger partial charge < -0.3 is 20.8 Å². The first-order valence-corrected chi connectivity index (χ1v) is 18.3. The maximum Gasteiger partial charge on any atom is 0.266 e. The number of azide groups is 1. The smallest absolute Gasteiger partial charge is 0.266 e. The molecule has 0 aliphatic heterocycles. The number of nitrogens with zero attached hydrogens (tertiary/aromatic N) is 3. The molecule has 0 spiro atoms. The molecule has 1 aromatic carbocycles. The SMILES string of the molecule is C[C@H](CCC(=O)NCCS(=O)(=O)O)[C@H]1CC[C@H]2[C@@H]3[C@H](NC(=O)c4ccc(N=[N+]=[N-])cc4)C[C@@H]4C[C@H](O)CC[C@]4(C)[C@H]3C[C@H](O)[C@]12C. The Bertz CT molecular complexity index is 1450. The van der Waals surface area contributed by atoms with E-state index < -0.39 is 27.4 Å². The molecule has 4 fully saturated rings. The molecule has 11 atom stereocenters. The summed E-state index contributed by atoms with van der Waals surface area (Å²) in [6.07, 6.45) is 5.48. The first-order chi connectivity index (χ1) is 21.7. The Morgan fingerprint density at radius 1 is 1.09 bits per heavy atom. The van der Waals surface area contributed by atoms with Crippen molar-refractivity contribution in [3.8, 4) is 0 Å². The van der Waals surface area contributed by atoms with Gasteiger partial charge in [-0.1, -0.05) is 38.0 Å². The molecule has 4 aliphatic carbocycles. The molecule has 4 aliphatic rings. The average molecular weight is 660 g/mol. The van der Waals surface area contributed by atoms with Gasteiger partial charge in [0, 0.05) is 35.2 Å². The Kier molecular flexibility index (Phi) is 10.1. The number of rotatable bonds is 10. The number of aliphatic hydroxyl groups is 2. The van der Waals surface area contributed by atoms with Gasteiger partial charge in [-0.15, -0.1) is 0 Å². The standard InChI is InChI=1S/C33H49N5O7S/c1-19(4-11-29(41)35-14-15-46(43,44)45)24-9-10-25-30-26(18-28(40)33(24,25)3)32(2)13-12-23(39)16-21(32)17-27(30)36-31(42)20-5-7-22(8-6-20)37-38-34/h5-8,19,21,23-28,30,39-40H,4,9-18H2,1-3H3,(H,35,41)(H,36,42)(H,43,44,45)/t19-,21+,23-,24-,25+,26+,27-,28+,30+,32+,33-/m1/s1. The zero-order valence-electron chi connectivity index (χ0n) is 27.0. The average Bonchev–Trinajstić information content (AvgIpc) is 3.35. The van der Waals surface area contributed by atoms with Crippen molar-refractivity contribution < 1.29 is 32.8 Å². The fraction of sp³-hybridized carbons (Fsp3) is 0.758. The van der Waals surface area contributed by atoms with Crippen molar-refractivity contribution in [2.24, 2.45) is 51.5 Å². The summed E-state index contributed by atoms with van der Waals surface area (Å²) in [4.78, 5) is 28.9. The van der Waals surface area contributed by atoms with Gasteiger partial charge in [-0.3, -0.25) is 14.1 Å². The highest BCUT2D eigenvalue weighted by atomic mass is 32.2. The van der Waals surface area contributed by atoms with Crippen LogP contribution in [-0.4, -0.2) is 65.5 Å². The maximum atomic E-state index is 13.7. The molecule has 0 saturated heterocycles. The molecule has 0 radical (unpaired) electrons. The predicted molar refractivity (Wildman–Crippen MR) is 172 cm³/mol. The number of carbonyl (C=O) groups is 2. The molecule has 5 N–H and O–H groups in total. The van der Waals surface area contributed by atoms with Crippen molar-refractivity contribution in [1.82, 2.24) is 10.6 Å². The minimum atomic E-state index is -4.14. The van der Waals surface area contributed by atoms with E-state index in [1.165, 1.54) is 0 Å². The first kappa shape index (κ1) is 34.6. The molecule has 0 unspecified atom stereocenters. The van der Waals surface area contributed by atoms with Crippen LogP contribution in [0.5, 0.6) is 0 Å². The summed E-state index contributed by atoms with van der Waals surface area (Å²) < 4.78 is 30.9. The van der Waals surface area contributed by atoms with Crippen molar-refractivity contribution in [3.05, 3.63) is 40.3 Å². The second kappa shape index (κ2) is 13.4. The molecule has 2 amide bonds. The number of fused-ring (bicyclic) bond motifs is 5. The monoisotopic (exact) mass is 659 g/mol. The van der Waals surface area contributed by atoms with Crippen LogP contribution < -0.4 is 10.6 Å². The fourth-order valence-electron chi connectivity index (χ4n) is 10.3. The zero-order chi connectivity index (χ0) is 33.4. The van der Waals surface area contributed by atoms with E-state index >= 15 is 0 Å². The minimum Gasteiger partial charge on any atom is -0.393 e. The van der Waals surface area contributed by atoms with Crippen molar-refractivity contribution >= 4 is 27.6 Å². The van der Waals surface area contributed by atoms with Gasteiger partial charge in [0.25, 0.3) is 16.0 Å². The third-order valence-corrected chi connectivity index (χ3v) is 13.4. The number of amides is 2. The molecular weight excluding hydrogens is 610 g/mol.